The van der Waals surface area contributed by atoms with Gasteiger partial charge in [-0.25, -0.2) is 9.97 Å². The Kier molecular flexibility index (Phi) is 3.32. The molecule has 0 saturated heterocycles. The molecule has 1 saturated carbocycles. The van der Waals surface area contributed by atoms with Gasteiger partial charge < -0.3 is 10.1 Å². The average Bonchev–Trinajstić information content (AvgIpc) is 2.88. The molecule has 2 aromatic heterocycles. The number of ether oxygens (including phenoxy) is 1. The standard InChI is InChI=1S/C15H19N3OS/c1-2-4-10(5-3-1)18-14-13-11-6-7-19-8-12(11)20-15(13)17-9-16-14/h9-10H,1-8H2,(H,16,17,18). The van der Waals surface area contributed by atoms with E-state index in [0.717, 1.165) is 30.3 Å². The lowest BCUT2D eigenvalue weighted by molar-refractivity contribution is 0.114. The van der Waals surface area contributed by atoms with Crippen LogP contribution in [0.2, 0.25) is 0 Å². The van der Waals surface area contributed by atoms with Crippen LogP contribution in [0.15, 0.2) is 6.33 Å². The van der Waals surface area contributed by atoms with Crippen LogP contribution >= 0.6 is 11.3 Å². The van der Waals surface area contributed by atoms with Gasteiger partial charge in [0.05, 0.1) is 18.6 Å². The molecule has 3 heterocycles. The van der Waals surface area contributed by atoms with Crippen molar-refractivity contribution in [1.82, 2.24) is 9.97 Å². The van der Waals surface area contributed by atoms with Crippen molar-refractivity contribution in [1.29, 1.82) is 0 Å². The van der Waals surface area contributed by atoms with Crippen LogP contribution in [-0.4, -0.2) is 22.6 Å². The minimum Gasteiger partial charge on any atom is -0.376 e. The summed E-state index contributed by atoms with van der Waals surface area (Å²) in [5.41, 5.74) is 1.41. The second-order valence-corrected chi connectivity index (χ2v) is 6.77. The molecule has 0 aromatic carbocycles. The van der Waals surface area contributed by atoms with Gasteiger partial charge in [-0.2, -0.15) is 0 Å². The Morgan fingerprint density at radius 3 is 3.00 bits per heavy atom. The highest BCUT2D eigenvalue weighted by Crippen LogP contribution is 2.37. The highest BCUT2D eigenvalue weighted by molar-refractivity contribution is 7.18. The first-order chi connectivity index (χ1) is 9.92. The Labute approximate surface area is 122 Å². The summed E-state index contributed by atoms with van der Waals surface area (Å²) in [6.45, 7) is 1.55. The van der Waals surface area contributed by atoms with E-state index in [0.29, 0.717) is 6.04 Å². The van der Waals surface area contributed by atoms with E-state index in [1.807, 2.05) is 0 Å². The van der Waals surface area contributed by atoms with E-state index in [4.69, 9.17) is 4.74 Å². The number of aromatic nitrogens is 2. The van der Waals surface area contributed by atoms with Gasteiger partial charge in [0.2, 0.25) is 0 Å². The van der Waals surface area contributed by atoms with Crippen LogP contribution in [0.4, 0.5) is 5.82 Å². The van der Waals surface area contributed by atoms with E-state index in [1.54, 1.807) is 17.7 Å². The fourth-order valence-corrected chi connectivity index (χ4v) is 4.43. The third kappa shape index (κ3) is 2.19. The maximum Gasteiger partial charge on any atom is 0.138 e. The van der Waals surface area contributed by atoms with Gasteiger partial charge in [-0.15, -0.1) is 11.3 Å². The number of nitrogens with one attached hydrogen (secondary N) is 1. The number of hydrogen-bond donors (Lipinski definition) is 1. The van der Waals surface area contributed by atoms with Crippen LogP contribution in [0.25, 0.3) is 10.2 Å². The van der Waals surface area contributed by atoms with E-state index in [1.165, 1.54) is 47.9 Å². The third-order valence-corrected chi connectivity index (χ3v) is 5.46. The molecule has 5 heteroatoms. The summed E-state index contributed by atoms with van der Waals surface area (Å²) >= 11 is 1.76. The number of fused-ring (bicyclic) bond motifs is 3. The molecule has 1 aliphatic carbocycles. The van der Waals surface area contributed by atoms with Gasteiger partial charge in [0.15, 0.2) is 0 Å². The normalized spacial score (nSPS) is 20.0. The Morgan fingerprint density at radius 1 is 1.20 bits per heavy atom. The van der Waals surface area contributed by atoms with Crippen molar-refractivity contribution >= 4 is 27.4 Å². The Balaban J connectivity index is 1.72. The smallest absolute Gasteiger partial charge is 0.138 e. The molecule has 2 aliphatic rings. The zero-order chi connectivity index (χ0) is 13.4. The second-order valence-electron chi connectivity index (χ2n) is 5.69. The molecule has 1 aliphatic heterocycles. The number of nitrogens with zero attached hydrogens (tertiary/aromatic N) is 2. The number of anilines is 1. The van der Waals surface area contributed by atoms with Crippen molar-refractivity contribution < 1.29 is 4.74 Å². The summed E-state index contributed by atoms with van der Waals surface area (Å²) in [6.07, 6.45) is 9.26. The molecule has 0 bridgehead atoms. The van der Waals surface area contributed by atoms with Gasteiger partial charge in [0, 0.05) is 10.9 Å². The lowest BCUT2D eigenvalue weighted by Crippen LogP contribution is -2.23. The molecule has 0 amide bonds. The van der Waals surface area contributed by atoms with Crippen LogP contribution in [0.1, 0.15) is 42.5 Å². The molecular weight excluding hydrogens is 270 g/mol. The van der Waals surface area contributed by atoms with Gasteiger partial charge in [0.1, 0.15) is 17.0 Å². The van der Waals surface area contributed by atoms with Crippen molar-refractivity contribution in [2.24, 2.45) is 0 Å². The highest BCUT2D eigenvalue weighted by Gasteiger charge is 2.22. The predicted molar refractivity (Wildman–Crippen MR) is 81.3 cm³/mol. The van der Waals surface area contributed by atoms with Crippen molar-refractivity contribution in [2.75, 3.05) is 11.9 Å². The summed E-state index contributed by atoms with van der Waals surface area (Å²) in [5, 5.41) is 4.93. The molecule has 0 radical (unpaired) electrons. The van der Waals surface area contributed by atoms with E-state index in [2.05, 4.69) is 15.3 Å². The fraction of sp³-hybridized carbons (Fsp3) is 0.600. The van der Waals surface area contributed by atoms with E-state index in [-0.39, 0.29) is 0 Å². The summed E-state index contributed by atoms with van der Waals surface area (Å²) in [6, 6.07) is 0.581. The first-order valence-corrected chi connectivity index (χ1v) is 8.33. The molecule has 4 rings (SSSR count). The monoisotopic (exact) mass is 289 g/mol. The number of thiophene rings is 1. The summed E-state index contributed by atoms with van der Waals surface area (Å²) in [5.74, 6) is 1.04. The lowest BCUT2D eigenvalue weighted by atomic mass is 9.95. The molecule has 1 fully saturated rings. The Bertz CT molecular complexity index is 619. The fourth-order valence-electron chi connectivity index (χ4n) is 3.31. The Hall–Kier alpha value is -1.20. The van der Waals surface area contributed by atoms with E-state index >= 15 is 0 Å². The summed E-state index contributed by atoms with van der Waals surface area (Å²) < 4.78 is 5.56. The topological polar surface area (TPSA) is 47.0 Å². The highest BCUT2D eigenvalue weighted by atomic mass is 32.1. The zero-order valence-electron chi connectivity index (χ0n) is 11.5. The van der Waals surface area contributed by atoms with Gasteiger partial charge >= 0.3 is 0 Å². The van der Waals surface area contributed by atoms with Gasteiger partial charge in [-0.3, -0.25) is 0 Å². The molecule has 106 valence electrons. The average molecular weight is 289 g/mol. The third-order valence-electron chi connectivity index (χ3n) is 4.35. The Morgan fingerprint density at radius 2 is 2.10 bits per heavy atom. The maximum absolute atomic E-state index is 5.56. The largest absolute Gasteiger partial charge is 0.376 e. The zero-order valence-corrected chi connectivity index (χ0v) is 12.3. The first kappa shape index (κ1) is 12.5. The SMILES string of the molecule is c1nc(NC2CCCCC2)c2c3c(sc2n1)COCC3. The second kappa shape index (κ2) is 5.30. The lowest BCUT2D eigenvalue weighted by Gasteiger charge is -2.23. The molecule has 2 aromatic rings. The molecule has 0 atom stereocenters. The van der Waals surface area contributed by atoms with Crippen molar-refractivity contribution in [3.05, 3.63) is 16.8 Å². The van der Waals surface area contributed by atoms with Crippen LogP contribution < -0.4 is 5.32 Å². The number of hydrogen-bond acceptors (Lipinski definition) is 5. The summed E-state index contributed by atoms with van der Waals surface area (Å²) in [7, 11) is 0. The molecule has 4 nitrogen and oxygen atoms in total. The molecule has 0 unspecified atom stereocenters. The summed E-state index contributed by atoms with van der Waals surface area (Å²) in [4.78, 5) is 11.4. The van der Waals surface area contributed by atoms with Crippen molar-refractivity contribution in [3.63, 3.8) is 0 Å². The molecule has 20 heavy (non-hydrogen) atoms. The van der Waals surface area contributed by atoms with Gasteiger partial charge in [-0.05, 0) is 24.8 Å². The molecular formula is C15H19N3OS. The van der Waals surface area contributed by atoms with Crippen molar-refractivity contribution in [3.8, 4) is 0 Å². The number of rotatable bonds is 2. The molecule has 0 spiro atoms. The van der Waals surface area contributed by atoms with Gasteiger partial charge in [0.25, 0.3) is 0 Å². The van der Waals surface area contributed by atoms with Crippen LogP contribution in [0, 0.1) is 0 Å². The maximum atomic E-state index is 5.56. The predicted octanol–water partition coefficient (Wildman–Crippen LogP) is 3.51. The van der Waals surface area contributed by atoms with Gasteiger partial charge in [-0.1, -0.05) is 19.3 Å². The van der Waals surface area contributed by atoms with Crippen LogP contribution in [0.5, 0.6) is 0 Å². The van der Waals surface area contributed by atoms with Crippen LogP contribution in [0.3, 0.4) is 0 Å². The first-order valence-electron chi connectivity index (χ1n) is 7.51. The molecule has 1 N–H and O–H groups in total. The quantitative estimate of drug-likeness (QED) is 0.919. The van der Waals surface area contributed by atoms with Crippen molar-refractivity contribution in [2.45, 2.75) is 51.2 Å². The van der Waals surface area contributed by atoms with E-state index in [9.17, 15) is 0 Å². The minimum absolute atomic E-state index is 0.581. The minimum atomic E-state index is 0.581. The van der Waals surface area contributed by atoms with Crippen LogP contribution in [-0.2, 0) is 17.8 Å². The van der Waals surface area contributed by atoms with E-state index < -0.39 is 0 Å².